The van der Waals surface area contributed by atoms with Crippen LogP contribution < -0.4 is 10.6 Å². The number of hydrogen-bond donors (Lipinski definition) is 2. The van der Waals surface area contributed by atoms with E-state index in [1.807, 2.05) is 0 Å². The monoisotopic (exact) mass is 280 g/mol. The van der Waals surface area contributed by atoms with Crippen molar-refractivity contribution in [1.82, 2.24) is 10.6 Å². The summed E-state index contributed by atoms with van der Waals surface area (Å²) in [4.78, 5) is 0. The van der Waals surface area contributed by atoms with Crippen molar-refractivity contribution in [3.8, 4) is 0 Å². The lowest BCUT2D eigenvalue weighted by atomic mass is 9.78. The Morgan fingerprint density at radius 3 is 2.42 bits per heavy atom. The van der Waals surface area contributed by atoms with E-state index in [2.05, 4.69) is 24.5 Å². The fourth-order valence-electron chi connectivity index (χ4n) is 4.59. The summed E-state index contributed by atoms with van der Waals surface area (Å²) < 4.78 is 0. The van der Waals surface area contributed by atoms with Crippen LogP contribution in [0, 0.1) is 23.7 Å². The first kappa shape index (κ1) is 13.7. The van der Waals surface area contributed by atoms with E-state index in [4.69, 9.17) is 12.2 Å². The zero-order chi connectivity index (χ0) is 13.4. The van der Waals surface area contributed by atoms with E-state index in [1.54, 1.807) is 0 Å². The minimum absolute atomic E-state index is 0.586. The third-order valence-electron chi connectivity index (χ3n) is 6.08. The van der Waals surface area contributed by atoms with Gasteiger partial charge in [-0.05, 0) is 61.6 Å². The van der Waals surface area contributed by atoms with E-state index in [1.165, 1.54) is 44.9 Å². The molecule has 0 aliphatic heterocycles. The van der Waals surface area contributed by atoms with Gasteiger partial charge in [0.05, 0.1) is 0 Å². The van der Waals surface area contributed by atoms with Crippen LogP contribution in [0.25, 0.3) is 0 Å². The lowest BCUT2D eigenvalue weighted by molar-refractivity contribution is 0.223. The summed E-state index contributed by atoms with van der Waals surface area (Å²) in [7, 11) is 0. The molecule has 0 aromatic rings. The Balaban J connectivity index is 1.48. The zero-order valence-corrected chi connectivity index (χ0v) is 13.1. The van der Waals surface area contributed by atoms with Gasteiger partial charge in [-0.1, -0.05) is 33.1 Å². The van der Waals surface area contributed by atoms with Crippen molar-refractivity contribution in [2.24, 2.45) is 23.7 Å². The first-order valence-corrected chi connectivity index (χ1v) is 8.61. The van der Waals surface area contributed by atoms with Crippen LogP contribution in [-0.2, 0) is 0 Å². The van der Waals surface area contributed by atoms with E-state index < -0.39 is 0 Å². The molecule has 0 amide bonds. The maximum absolute atomic E-state index is 5.56. The molecule has 0 aromatic heterocycles. The topological polar surface area (TPSA) is 24.1 Å². The fourth-order valence-corrected chi connectivity index (χ4v) is 4.89. The van der Waals surface area contributed by atoms with E-state index in [9.17, 15) is 0 Å². The Morgan fingerprint density at radius 1 is 0.947 bits per heavy atom. The highest BCUT2D eigenvalue weighted by molar-refractivity contribution is 7.80. The van der Waals surface area contributed by atoms with Crippen molar-refractivity contribution in [2.45, 2.75) is 70.9 Å². The van der Waals surface area contributed by atoms with Gasteiger partial charge in [-0.3, -0.25) is 0 Å². The number of thiocarbonyl (C=S) groups is 1. The van der Waals surface area contributed by atoms with E-state index in [-0.39, 0.29) is 0 Å². The average Bonchev–Trinajstić information content (AvgIpc) is 2.97. The molecule has 2 bridgehead atoms. The van der Waals surface area contributed by atoms with Crippen molar-refractivity contribution >= 4 is 17.3 Å². The summed E-state index contributed by atoms with van der Waals surface area (Å²) in [6.07, 6.45) is 9.68. The number of hydrogen-bond acceptors (Lipinski definition) is 1. The normalized spacial score (nSPS) is 45.2. The predicted molar refractivity (Wildman–Crippen MR) is 84.1 cm³/mol. The van der Waals surface area contributed by atoms with Crippen LogP contribution in [0.3, 0.4) is 0 Å². The molecule has 2 nitrogen and oxygen atoms in total. The maximum Gasteiger partial charge on any atom is 0.166 e. The van der Waals surface area contributed by atoms with Crippen LogP contribution in [0.15, 0.2) is 0 Å². The molecule has 6 atom stereocenters. The van der Waals surface area contributed by atoms with Gasteiger partial charge in [0.2, 0.25) is 0 Å². The van der Waals surface area contributed by atoms with Gasteiger partial charge in [0, 0.05) is 12.1 Å². The van der Waals surface area contributed by atoms with Crippen molar-refractivity contribution < 1.29 is 0 Å². The van der Waals surface area contributed by atoms with E-state index in [0.29, 0.717) is 12.1 Å². The minimum atomic E-state index is 0.586. The molecule has 0 unspecified atom stereocenters. The molecular formula is C16H28N2S. The van der Waals surface area contributed by atoms with Gasteiger partial charge in [-0.15, -0.1) is 0 Å². The second-order valence-corrected chi connectivity index (χ2v) is 7.68. The molecule has 108 valence electrons. The standard InChI is InChI=1S/C16H28N2S/c1-10-4-3-5-14(11(10)2)17-16(19)18-15-9-12-6-7-13(15)8-12/h10-15H,3-9H2,1-2H3,(H2,17,18,19)/t10-,11+,12+,13+,14+,15+/m1/s1. The summed E-state index contributed by atoms with van der Waals surface area (Å²) in [6.45, 7) is 4.76. The summed E-state index contributed by atoms with van der Waals surface area (Å²) >= 11 is 5.56. The molecule has 0 heterocycles. The number of fused-ring (bicyclic) bond motifs is 2. The molecule has 0 saturated heterocycles. The largest absolute Gasteiger partial charge is 0.360 e. The molecule has 0 radical (unpaired) electrons. The highest BCUT2D eigenvalue weighted by Crippen LogP contribution is 2.44. The molecule has 19 heavy (non-hydrogen) atoms. The Morgan fingerprint density at radius 2 is 1.74 bits per heavy atom. The zero-order valence-electron chi connectivity index (χ0n) is 12.3. The van der Waals surface area contributed by atoms with Crippen LogP contribution in [-0.4, -0.2) is 17.2 Å². The SMILES string of the molecule is C[C@H]1[C@H](C)CCC[C@@H]1NC(=S)N[C@H]1C[C@H]2CC[C@H]1C2. The second kappa shape index (κ2) is 5.59. The number of nitrogens with one attached hydrogen (secondary N) is 2. The molecule has 2 N–H and O–H groups in total. The third kappa shape index (κ3) is 2.91. The molecule has 3 saturated carbocycles. The summed E-state index contributed by atoms with van der Waals surface area (Å²) in [5.41, 5.74) is 0. The lowest BCUT2D eigenvalue weighted by Crippen LogP contribution is -2.51. The van der Waals surface area contributed by atoms with Gasteiger partial charge in [0.25, 0.3) is 0 Å². The van der Waals surface area contributed by atoms with Gasteiger partial charge in [0.15, 0.2) is 5.11 Å². The Kier molecular flexibility index (Phi) is 4.02. The Hall–Kier alpha value is -0.310. The lowest BCUT2D eigenvalue weighted by Gasteiger charge is -2.36. The van der Waals surface area contributed by atoms with Crippen molar-refractivity contribution in [3.63, 3.8) is 0 Å². The number of rotatable bonds is 2. The molecule has 3 heteroatoms. The van der Waals surface area contributed by atoms with Gasteiger partial charge >= 0.3 is 0 Å². The smallest absolute Gasteiger partial charge is 0.166 e. The maximum atomic E-state index is 5.56. The Bertz CT molecular complexity index is 344. The van der Waals surface area contributed by atoms with Crippen LogP contribution in [0.1, 0.15) is 58.8 Å². The predicted octanol–water partition coefficient (Wildman–Crippen LogP) is 3.46. The summed E-state index contributed by atoms with van der Waals surface area (Å²) in [5, 5.41) is 8.14. The van der Waals surface area contributed by atoms with Gasteiger partial charge in [-0.25, -0.2) is 0 Å². The van der Waals surface area contributed by atoms with Crippen LogP contribution >= 0.6 is 12.2 Å². The van der Waals surface area contributed by atoms with Crippen LogP contribution in [0.4, 0.5) is 0 Å². The van der Waals surface area contributed by atoms with E-state index >= 15 is 0 Å². The second-order valence-electron chi connectivity index (χ2n) is 7.27. The van der Waals surface area contributed by atoms with Crippen LogP contribution in [0.5, 0.6) is 0 Å². The van der Waals surface area contributed by atoms with Crippen molar-refractivity contribution in [1.29, 1.82) is 0 Å². The summed E-state index contributed by atoms with van der Waals surface area (Å²) in [6, 6.07) is 1.25. The molecule has 3 fully saturated rings. The fraction of sp³-hybridized carbons (Fsp3) is 0.938. The summed E-state index contributed by atoms with van der Waals surface area (Å²) in [5.74, 6) is 3.46. The third-order valence-corrected chi connectivity index (χ3v) is 6.31. The van der Waals surface area contributed by atoms with Crippen molar-refractivity contribution in [3.05, 3.63) is 0 Å². The quantitative estimate of drug-likeness (QED) is 0.758. The van der Waals surface area contributed by atoms with Crippen LogP contribution in [0.2, 0.25) is 0 Å². The van der Waals surface area contributed by atoms with Gasteiger partial charge < -0.3 is 10.6 Å². The molecule has 3 rings (SSSR count). The Labute approximate surface area is 123 Å². The molecule has 0 aromatic carbocycles. The van der Waals surface area contributed by atoms with E-state index in [0.717, 1.165) is 28.8 Å². The minimum Gasteiger partial charge on any atom is -0.360 e. The molecular weight excluding hydrogens is 252 g/mol. The van der Waals surface area contributed by atoms with Gasteiger partial charge in [-0.2, -0.15) is 0 Å². The van der Waals surface area contributed by atoms with Crippen molar-refractivity contribution in [2.75, 3.05) is 0 Å². The molecule has 3 aliphatic carbocycles. The molecule has 3 aliphatic rings. The molecule has 0 spiro atoms. The highest BCUT2D eigenvalue weighted by atomic mass is 32.1. The van der Waals surface area contributed by atoms with Gasteiger partial charge in [0.1, 0.15) is 0 Å². The highest BCUT2D eigenvalue weighted by Gasteiger charge is 2.40. The first-order valence-electron chi connectivity index (χ1n) is 8.20. The first-order chi connectivity index (χ1) is 9.13. The average molecular weight is 280 g/mol.